The first-order valence-electron chi connectivity index (χ1n) is 8.24. The maximum absolute atomic E-state index is 13.3. The lowest BCUT2D eigenvalue weighted by Gasteiger charge is -2.28. The number of carbonyl (C=O) groups excluding carboxylic acids is 2. The number of nitrogens with one attached hydrogen (secondary N) is 1. The van der Waals surface area contributed by atoms with Gasteiger partial charge in [-0.2, -0.15) is 0 Å². The molecule has 0 bridgehead atoms. The normalized spacial score (nSPS) is 14.3. The number of anilines is 2. The van der Waals surface area contributed by atoms with Gasteiger partial charge >= 0.3 is 0 Å². The van der Waals surface area contributed by atoms with Crippen molar-refractivity contribution in [1.82, 2.24) is 0 Å². The quantitative estimate of drug-likeness (QED) is 0.904. The first-order chi connectivity index (χ1) is 12.5. The lowest BCUT2D eigenvalue weighted by molar-refractivity contribution is -0.119. The average molecular weight is 360 g/mol. The number of piperidine rings is 1. The maximum atomic E-state index is 13.3. The van der Waals surface area contributed by atoms with Crippen LogP contribution in [-0.2, 0) is 4.79 Å². The Hall–Kier alpha value is -2.96. The van der Waals surface area contributed by atoms with E-state index in [0.29, 0.717) is 30.1 Å². The highest BCUT2D eigenvalue weighted by molar-refractivity contribution is 6.05. The van der Waals surface area contributed by atoms with Crippen LogP contribution in [0.4, 0.5) is 20.2 Å². The second-order valence-corrected chi connectivity index (χ2v) is 5.97. The number of hydrogen-bond donors (Lipinski definition) is 1. The molecular formula is C19H18F2N2O3. The topological polar surface area (TPSA) is 58.6 Å². The van der Waals surface area contributed by atoms with Gasteiger partial charge in [0.25, 0.3) is 5.91 Å². The van der Waals surface area contributed by atoms with Gasteiger partial charge in [0.2, 0.25) is 5.91 Å². The number of ether oxygens (including phenoxy) is 1. The third-order valence-corrected chi connectivity index (χ3v) is 4.23. The highest BCUT2D eigenvalue weighted by Gasteiger charge is 2.23. The molecule has 136 valence electrons. The van der Waals surface area contributed by atoms with E-state index in [-0.39, 0.29) is 11.5 Å². The summed E-state index contributed by atoms with van der Waals surface area (Å²) in [6.07, 6.45) is 2.21. The van der Waals surface area contributed by atoms with Crippen molar-refractivity contribution in [3.63, 3.8) is 0 Å². The van der Waals surface area contributed by atoms with E-state index in [4.69, 9.17) is 4.74 Å². The van der Waals surface area contributed by atoms with Crippen LogP contribution in [-0.4, -0.2) is 25.5 Å². The third-order valence-electron chi connectivity index (χ3n) is 4.23. The van der Waals surface area contributed by atoms with Crippen molar-refractivity contribution in [2.45, 2.75) is 19.3 Å². The fourth-order valence-electron chi connectivity index (χ4n) is 2.88. The highest BCUT2D eigenvalue weighted by Crippen LogP contribution is 2.33. The van der Waals surface area contributed by atoms with Gasteiger partial charge in [-0.25, -0.2) is 8.78 Å². The summed E-state index contributed by atoms with van der Waals surface area (Å²) in [7, 11) is 1.51. The van der Waals surface area contributed by atoms with Crippen molar-refractivity contribution in [3.8, 4) is 5.75 Å². The molecule has 2 aromatic carbocycles. The van der Waals surface area contributed by atoms with Crippen molar-refractivity contribution in [2.75, 3.05) is 23.9 Å². The molecule has 3 rings (SSSR count). The molecule has 0 aliphatic carbocycles. The molecule has 26 heavy (non-hydrogen) atoms. The Kier molecular flexibility index (Phi) is 5.16. The van der Waals surface area contributed by atoms with Gasteiger partial charge in [0.05, 0.1) is 12.8 Å². The molecule has 1 heterocycles. The predicted octanol–water partition coefficient (Wildman–Crippen LogP) is 3.74. The number of nitrogens with zero attached hydrogens (tertiary/aromatic N) is 1. The molecule has 1 saturated heterocycles. The van der Waals surface area contributed by atoms with Gasteiger partial charge in [-0.1, -0.05) is 0 Å². The molecular weight excluding hydrogens is 342 g/mol. The molecule has 1 aliphatic heterocycles. The van der Waals surface area contributed by atoms with E-state index in [0.717, 1.165) is 25.0 Å². The van der Waals surface area contributed by atoms with E-state index < -0.39 is 17.5 Å². The monoisotopic (exact) mass is 360 g/mol. The smallest absolute Gasteiger partial charge is 0.255 e. The standard InChI is InChI=1S/C19H18F2N2O3/c1-26-17-8-6-13(11-16(17)23-9-3-2-4-18(23)24)22-19(25)12-5-7-14(20)15(21)10-12/h5-8,10-11H,2-4,9H2,1H3,(H,22,25). The summed E-state index contributed by atoms with van der Waals surface area (Å²) in [6, 6.07) is 7.85. The van der Waals surface area contributed by atoms with Gasteiger partial charge in [0.1, 0.15) is 5.75 Å². The molecule has 7 heteroatoms. The van der Waals surface area contributed by atoms with Crippen molar-refractivity contribution >= 4 is 23.2 Å². The number of amides is 2. The summed E-state index contributed by atoms with van der Waals surface area (Å²) in [5, 5.41) is 2.63. The van der Waals surface area contributed by atoms with Crippen LogP contribution >= 0.6 is 0 Å². The fourth-order valence-corrected chi connectivity index (χ4v) is 2.88. The van der Waals surface area contributed by atoms with Gasteiger partial charge in [0.15, 0.2) is 11.6 Å². The van der Waals surface area contributed by atoms with Crippen LogP contribution in [0, 0.1) is 11.6 Å². The van der Waals surface area contributed by atoms with Crippen LogP contribution in [0.2, 0.25) is 0 Å². The van der Waals surface area contributed by atoms with E-state index in [1.807, 2.05) is 0 Å². The molecule has 0 unspecified atom stereocenters. The summed E-state index contributed by atoms with van der Waals surface area (Å²) >= 11 is 0. The zero-order valence-electron chi connectivity index (χ0n) is 14.2. The lowest BCUT2D eigenvalue weighted by atomic mass is 10.1. The summed E-state index contributed by atoms with van der Waals surface area (Å²) in [6.45, 7) is 0.579. The molecule has 1 aliphatic rings. The molecule has 0 spiro atoms. The molecule has 1 fully saturated rings. The van der Waals surface area contributed by atoms with Crippen LogP contribution in [0.5, 0.6) is 5.75 Å². The van der Waals surface area contributed by atoms with E-state index in [1.165, 1.54) is 13.2 Å². The Morgan fingerprint density at radius 2 is 1.92 bits per heavy atom. The molecule has 0 saturated carbocycles. The number of hydrogen-bond acceptors (Lipinski definition) is 3. The van der Waals surface area contributed by atoms with Gasteiger partial charge in [-0.15, -0.1) is 0 Å². The van der Waals surface area contributed by atoms with Gasteiger partial charge in [-0.3, -0.25) is 9.59 Å². The van der Waals surface area contributed by atoms with Gasteiger partial charge in [0, 0.05) is 24.2 Å². The minimum Gasteiger partial charge on any atom is -0.495 e. The van der Waals surface area contributed by atoms with Crippen molar-refractivity contribution in [1.29, 1.82) is 0 Å². The Balaban J connectivity index is 1.86. The molecule has 5 nitrogen and oxygen atoms in total. The number of rotatable bonds is 4. The zero-order chi connectivity index (χ0) is 18.7. The Morgan fingerprint density at radius 3 is 2.62 bits per heavy atom. The third kappa shape index (κ3) is 3.66. The summed E-state index contributed by atoms with van der Waals surface area (Å²) in [5.41, 5.74) is 0.990. The van der Waals surface area contributed by atoms with E-state index in [9.17, 15) is 18.4 Å². The van der Waals surface area contributed by atoms with Crippen LogP contribution in [0.3, 0.4) is 0 Å². The van der Waals surface area contributed by atoms with E-state index >= 15 is 0 Å². The Bertz CT molecular complexity index is 855. The van der Waals surface area contributed by atoms with Gasteiger partial charge in [-0.05, 0) is 49.2 Å². The summed E-state index contributed by atoms with van der Waals surface area (Å²) in [4.78, 5) is 26.1. The van der Waals surface area contributed by atoms with Crippen molar-refractivity contribution in [2.24, 2.45) is 0 Å². The molecule has 0 radical (unpaired) electrons. The number of methoxy groups -OCH3 is 1. The van der Waals surface area contributed by atoms with Crippen LogP contribution < -0.4 is 15.0 Å². The van der Waals surface area contributed by atoms with Crippen molar-refractivity contribution < 1.29 is 23.1 Å². The highest BCUT2D eigenvalue weighted by atomic mass is 19.2. The molecule has 2 aromatic rings. The van der Waals surface area contributed by atoms with Crippen LogP contribution in [0.1, 0.15) is 29.6 Å². The first-order valence-corrected chi connectivity index (χ1v) is 8.24. The molecule has 0 atom stereocenters. The summed E-state index contributed by atoms with van der Waals surface area (Å²) in [5.74, 6) is -2.17. The minimum atomic E-state index is -1.09. The zero-order valence-corrected chi connectivity index (χ0v) is 14.2. The van der Waals surface area contributed by atoms with Crippen LogP contribution in [0.25, 0.3) is 0 Å². The average Bonchev–Trinajstić information content (AvgIpc) is 2.64. The van der Waals surface area contributed by atoms with Crippen LogP contribution in [0.15, 0.2) is 36.4 Å². The lowest BCUT2D eigenvalue weighted by Crippen LogP contribution is -2.35. The number of halogens is 2. The second-order valence-electron chi connectivity index (χ2n) is 5.97. The predicted molar refractivity (Wildman–Crippen MR) is 93.5 cm³/mol. The number of carbonyl (C=O) groups is 2. The largest absolute Gasteiger partial charge is 0.495 e. The molecule has 2 amide bonds. The molecule has 0 aromatic heterocycles. The Labute approximate surface area is 149 Å². The number of benzene rings is 2. The summed E-state index contributed by atoms with van der Waals surface area (Å²) < 4.78 is 31.6. The van der Waals surface area contributed by atoms with Crippen molar-refractivity contribution in [3.05, 3.63) is 53.6 Å². The fraction of sp³-hybridized carbons (Fsp3) is 0.263. The minimum absolute atomic E-state index is 0.00127. The van der Waals surface area contributed by atoms with Gasteiger partial charge < -0.3 is 15.0 Å². The maximum Gasteiger partial charge on any atom is 0.255 e. The first kappa shape index (κ1) is 17.8. The van der Waals surface area contributed by atoms with E-state index in [1.54, 1.807) is 23.1 Å². The second kappa shape index (κ2) is 7.51. The Morgan fingerprint density at radius 1 is 1.12 bits per heavy atom. The SMILES string of the molecule is COc1ccc(NC(=O)c2ccc(F)c(F)c2)cc1N1CCCCC1=O. The van der Waals surface area contributed by atoms with E-state index in [2.05, 4.69) is 5.32 Å². The molecule has 1 N–H and O–H groups in total.